The number of carbonyl (C=O) groups excluding carboxylic acids is 2. The molecule has 0 radical (unpaired) electrons. The van der Waals surface area contributed by atoms with Crippen LogP contribution in [0.5, 0.6) is 0 Å². The number of ether oxygens (including phenoxy) is 1. The van der Waals surface area contributed by atoms with Gasteiger partial charge in [-0.3, -0.25) is 14.5 Å². The highest BCUT2D eigenvalue weighted by molar-refractivity contribution is 6.06. The molecule has 2 N–H and O–H groups in total. The molecule has 0 bridgehead atoms. The summed E-state index contributed by atoms with van der Waals surface area (Å²) in [5.74, 6) is -0.389. The van der Waals surface area contributed by atoms with Gasteiger partial charge in [-0.1, -0.05) is 42.0 Å². The fourth-order valence-electron chi connectivity index (χ4n) is 4.54. The van der Waals surface area contributed by atoms with Crippen LogP contribution < -0.4 is 5.32 Å². The number of hydrogen-bond donors (Lipinski definition) is 2. The third-order valence-corrected chi connectivity index (χ3v) is 6.27. The van der Waals surface area contributed by atoms with Crippen LogP contribution in [0.25, 0.3) is 10.9 Å². The van der Waals surface area contributed by atoms with Crippen molar-refractivity contribution in [3.63, 3.8) is 0 Å². The highest BCUT2D eigenvalue weighted by Gasteiger charge is 2.38. The van der Waals surface area contributed by atoms with Crippen LogP contribution in [0.15, 0.2) is 42.5 Å². The lowest BCUT2D eigenvalue weighted by Crippen LogP contribution is -2.37. The Kier molecular flexibility index (Phi) is 5.83. The molecule has 2 heterocycles. The van der Waals surface area contributed by atoms with E-state index in [0.717, 1.165) is 27.7 Å². The van der Waals surface area contributed by atoms with E-state index in [2.05, 4.69) is 47.2 Å². The summed E-state index contributed by atoms with van der Waals surface area (Å²) in [6.45, 7) is 7.35. The van der Waals surface area contributed by atoms with Crippen LogP contribution in [0.3, 0.4) is 0 Å². The molecule has 0 spiro atoms. The van der Waals surface area contributed by atoms with Crippen LogP contribution in [-0.4, -0.2) is 47.5 Å². The third-order valence-electron chi connectivity index (χ3n) is 6.27. The second-order valence-electron chi connectivity index (χ2n) is 8.47. The molecule has 1 saturated heterocycles. The normalized spacial score (nSPS) is 19.0. The lowest BCUT2D eigenvalue weighted by Gasteiger charge is -2.22. The number of carbonyl (C=O) groups is 2. The lowest BCUT2D eigenvalue weighted by molar-refractivity contribution is -0.146. The first-order valence-corrected chi connectivity index (χ1v) is 10.6. The number of methoxy groups -OCH3 is 1. The summed E-state index contributed by atoms with van der Waals surface area (Å²) in [5, 5.41) is 4.20. The van der Waals surface area contributed by atoms with Crippen molar-refractivity contribution in [2.45, 2.75) is 45.8 Å². The van der Waals surface area contributed by atoms with Gasteiger partial charge in [-0.05, 0) is 44.4 Å². The number of esters is 1. The summed E-state index contributed by atoms with van der Waals surface area (Å²) in [6.07, 6.45) is 0.531. The highest BCUT2D eigenvalue weighted by Crippen LogP contribution is 2.26. The fraction of sp³-hybridized carbons (Fsp3) is 0.360. The van der Waals surface area contributed by atoms with Crippen molar-refractivity contribution in [1.82, 2.24) is 15.2 Å². The zero-order valence-corrected chi connectivity index (χ0v) is 18.5. The molecule has 1 aliphatic heterocycles. The van der Waals surface area contributed by atoms with Crippen molar-refractivity contribution in [2.75, 3.05) is 13.7 Å². The molecule has 2 aromatic carbocycles. The highest BCUT2D eigenvalue weighted by atomic mass is 16.5. The van der Waals surface area contributed by atoms with Gasteiger partial charge in [0.15, 0.2) is 0 Å². The minimum absolute atomic E-state index is 0.127. The van der Waals surface area contributed by atoms with Crippen LogP contribution in [0.4, 0.5) is 0 Å². The molecular formula is C25H29N3O3. The van der Waals surface area contributed by atoms with Crippen molar-refractivity contribution in [2.24, 2.45) is 0 Å². The molecule has 1 fully saturated rings. The number of aromatic nitrogens is 1. The number of H-pyrrole nitrogens is 1. The second-order valence-corrected chi connectivity index (χ2v) is 8.47. The maximum absolute atomic E-state index is 13.1. The number of fused-ring (bicyclic) bond motifs is 1. The van der Waals surface area contributed by atoms with Crippen molar-refractivity contribution in [3.05, 3.63) is 70.4 Å². The van der Waals surface area contributed by atoms with E-state index in [4.69, 9.17) is 4.74 Å². The molecule has 0 saturated carbocycles. The Labute approximate surface area is 182 Å². The van der Waals surface area contributed by atoms with Gasteiger partial charge in [0.05, 0.1) is 18.2 Å². The molecule has 0 aliphatic carbocycles. The maximum Gasteiger partial charge on any atom is 0.323 e. The van der Waals surface area contributed by atoms with Crippen molar-refractivity contribution in [3.8, 4) is 0 Å². The number of benzene rings is 2. The van der Waals surface area contributed by atoms with E-state index < -0.39 is 0 Å². The van der Waals surface area contributed by atoms with Crippen LogP contribution in [0, 0.1) is 20.8 Å². The summed E-state index contributed by atoms with van der Waals surface area (Å²) < 4.78 is 5.04. The first-order valence-electron chi connectivity index (χ1n) is 10.6. The number of nitrogens with one attached hydrogen (secondary N) is 2. The average Bonchev–Trinajstić information content (AvgIpc) is 3.27. The number of aromatic amines is 1. The van der Waals surface area contributed by atoms with E-state index in [9.17, 15) is 9.59 Å². The smallest absolute Gasteiger partial charge is 0.323 e. The van der Waals surface area contributed by atoms with E-state index in [1.807, 2.05) is 31.2 Å². The summed E-state index contributed by atoms with van der Waals surface area (Å²) in [4.78, 5) is 31.0. The summed E-state index contributed by atoms with van der Waals surface area (Å²) in [5.41, 5.74) is 6.02. The predicted molar refractivity (Wildman–Crippen MR) is 121 cm³/mol. The van der Waals surface area contributed by atoms with E-state index in [0.29, 0.717) is 25.1 Å². The number of amides is 1. The zero-order chi connectivity index (χ0) is 22.1. The van der Waals surface area contributed by atoms with Gasteiger partial charge in [0.25, 0.3) is 5.91 Å². The van der Waals surface area contributed by atoms with Gasteiger partial charge in [0.2, 0.25) is 0 Å². The third kappa shape index (κ3) is 4.21. The first kappa shape index (κ1) is 21.1. The largest absolute Gasteiger partial charge is 0.468 e. The van der Waals surface area contributed by atoms with Gasteiger partial charge < -0.3 is 15.0 Å². The summed E-state index contributed by atoms with van der Waals surface area (Å²) in [7, 11) is 1.41. The molecule has 1 amide bonds. The molecule has 2 atom stereocenters. The van der Waals surface area contributed by atoms with Crippen molar-refractivity contribution >= 4 is 22.8 Å². The molecule has 1 aromatic heterocycles. The minimum Gasteiger partial charge on any atom is -0.468 e. The first-order chi connectivity index (χ1) is 14.9. The number of para-hydroxylation sites is 1. The van der Waals surface area contributed by atoms with Gasteiger partial charge in [0, 0.05) is 30.2 Å². The Balaban J connectivity index is 1.53. The molecule has 31 heavy (non-hydrogen) atoms. The van der Waals surface area contributed by atoms with Gasteiger partial charge in [-0.15, -0.1) is 0 Å². The van der Waals surface area contributed by atoms with Crippen LogP contribution in [0.2, 0.25) is 0 Å². The SMILES string of the molecule is COC(=O)[C@@H]1C[C@@H](NC(=O)c2cccc3c(C)c(C)[nH]c23)CN1Cc1cccc(C)c1. The van der Waals surface area contributed by atoms with Gasteiger partial charge in [-0.2, -0.15) is 0 Å². The Bertz CT molecular complexity index is 1130. The lowest BCUT2D eigenvalue weighted by atomic mass is 10.1. The van der Waals surface area contributed by atoms with Gasteiger partial charge in [0.1, 0.15) is 6.04 Å². The second kappa shape index (κ2) is 8.55. The van der Waals surface area contributed by atoms with Crippen LogP contribution >= 0.6 is 0 Å². The molecule has 6 nitrogen and oxygen atoms in total. The zero-order valence-electron chi connectivity index (χ0n) is 18.5. The molecule has 4 rings (SSSR count). The molecule has 1 aliphatic rings. The Morgan fingerprint density at radius 3 is 2.68 bits per heavy atom. The van der Waals surface area contributed by atoms with E-state index in [1.165, 1.54) is 12.7 Å². The predicted octanol–water partition coefficient (Wildman–Crippen LogP) is 3.64. The van der Waals surface area contributed by atoms with Gasteiger partial charge in [-0.25, -0.2) is 0 Å². The Morgan fingerprint density at radius 2 is 1.94 bits per heavy atom. The molecule has 6 heteroatoms. The quantitative estimate of drug-likeness (QED) is 0.619. The standard InChI is InChI=1S/C25H29N3O3/c1-15-7-5-8-18(11-15)13-28-14-19(12-22(28)25(30)31-4)27-24(29)21-10-6-9-20-16(2)17(3)26-23(20)21/h5-11,19,22,26H,12-14H2,1-4H3,(H,27,29)/t19-,22+/m1/s1. The molecule has 3 aromatic rings. The van der Waals surface area contributed by atoms with Crippen molar-refractivity contribution in [1.29, 1.82) is 0 Å². The van der Waals surface area contributed by atoms with E-state index >= 15 is 0 Å². The van der Waals surface area contributed by atoms with E-state index in [-0.39, 0.29) is 24.0 Å². The topological polar surface area (TPSA) is 74.4 Å². The fourth-order valence-corrected chi connectivity index (χ4v) is 4.54. The molecular weight excluding hydrogens is 390 g/mol. The van der Waals surface area contributed by atoms with Crippen LogP contribution in [-0.2, 0) is 16.1 Å². The van der Waals surface area contributed by atoms with Crippen LogP contribution in [0.1, 0.15) is 39.2 Å². The molecule has 0 unspecified atom stereocenters. The van der Waals surface area contributed by atoms with Crippen molar-refractivity contribution < 1.29 is 14.3 Å². The summed E-state index contributed by atoms with van der Waals surface area (Å²) >= 11 is 0. The summed E-state index contributed by atoms with van der Waals surface area (Å²) in [6, 6.07) is 13.5. The number of hydrogen-bond acceptors (Lipinski definition) is 4. The maximum atomic E-state index is 13.1. The number of aryl methyl sites for hydroxylation is 3. The molecule has 162 valence electrons. The number of nitrogens with zero attached hydrogens (tertiary/aromatic N) is 1. The Morgan fingerprint density at radius 1 is 1.16 bits per heavy atom. The minimum atomic E-state index is -0.374. The van der Waals surface area contributed by atoms with E-state index in [1.54, 1.807) is 0 Å². The van der Waals surface area contributed by atoms with Gasteiger partial charge >= 0.3 is 5.97 Å². The monoisotopic (exact) mass is 419 g/mol. The Hall–Kier alpha value is -3.12. The average molecular weight is 420 g/mol. The number of rotatable bonds is 5. The number of likely N-dealkylation sites (tertiary alicyclic amines) is 1.